The summed E-state index contributed by atoms with van der Waals surface area (Å²) in [5, 5.41) is 22.1. The first-order valence-corrected chi connectivity index (χ1v) is 18.6. The van der Waals surface area contributed by atoms with Gasteiger partial charge < -0.3 is 25.0 Å². The molecule has 1 atom stereocenters. The number of thiophene rings is 1. The molecule has 4 heterocycles. The third-order valence-electron chi connectivity index (χ3n) is 5.69. The first-order valence-electron chi connectivity index (χ1n) is 17.0. The molecule has 0 aliphatic carbocycles. The number of hydrogen-bond acceptors (Lipinski definition) is 7. The van der Waals surface area contributed by atoms with Gasteiger partial charge in [0.2, 0.25) is 0 Å². The van der Waals surface area contributed by atoms with Crippen molar-refractivity contribution in [3.05, 3.63) is 21.6 Å². The minimum Gasteiger partial charge on any atom is -0.465 e. The van der Waals surface area contributed by atoms with E-state index in [1.807, 2.05) is 26.8 Å². The fourth-order valence-corrected chi connectivity index (χ4v) is 5.61. The summed E-state index contributed by atoms with van der Waals surface area (Å²) >= 11 is 5.01. The zero-order valence-corrected chi connectivity index (χ0v) is 33.5. The van der Waals surface area contributed by atoms with E-state index >= 15 is 0 Å². The molecule has 0 aromatic carbocycles. The van der Waals surface area contributed by atoms with Crippen LogP contribution in [0.5, 0.6) is 0 Å². The van der Waals surface area contributed by atoms with E-state index in [2.05, 4.69) is 94.6 Å². The zero-order chi connectivity index (χ0) is 36.3. The molecule has 9 nitrogen and oxygen atoms in total. The SMILES string of the molecule is CC(C)(C)OC(=O)N1CCC[C@H](Nc2ncc(C#N)c3sc(Br)cc23)C1.CC(C)C.CC(C)C.CC(C)C.O=C(O)N1CCCCC1. The van der Waals surface area contributed by atoms with Gasteiger partial charge in [0.05, 0.1) is 14.0 Å². The van der Waals surface area contributed by atoms with Crippen molar-refractivity contribution in [2.75, 3.05) is 31.5 Å². The normalized spacial score (nSPS) is 15.9. The first kappa shape index (κ1) is 44.4. The minimum absolute atomic E-state index is 0.0959. The molecule has 2 aliphatic rings. The lowest BCUT2D eigenvalue weighted by atomic mass is 10.1. The summed E-state index contributed by atoms with van der Waals surface area (Å²) in [6.07, 6.45) is 5.66. The maximum absolute atomic E-state index is 12.3. The molecule has 2 N–H and O–H groups in total. The quantitative estimate of drug-likeness (QED) is 0.315. The van der Waals surface area contributed by atoms with E-state index in [0.29, 0.717) is 18.7 Å². The molecule has 2 amide bonds. The number of amides is 2. The van der Waals surface area contributed by atoms with Crippen LogP contribution in [0.1, 0.15) is 121 Å². The highest BCUT2D eigenvalue weighted by atomic mass is 79.9. The molecule has 11 heteroatoms. The molecular formula is C36H62BrN5O4S. The Morgan fingerprint density at radius 1 is 0.979 bits per heavy atom. The van der Waals surface area contributed by atoms with Crippen molar-refractivity contribution < 1.29 is 19.4 Å². The number of nitriles is 1. The van der Waals surface area contributed by atoms with E-state index in [-0.39, 0.29) is 12.1 Å². The molecule has 0 radical (unpaired) electrons. The Kier molecular flexibility index (Phi) is 21.6. The van der Waals surface area contributed by atoms with Crippen LogP contribution < -0.4 is 5.32 Å². The van der Waals surface area contributed by atoms with Crippen LogP contribution >= 0.6 is 27.3 Å². The molecule has 0 saturated carbocycles. The van der Waals surface area contributed by atoms with E-state index in [1.165, 1.54) is 22.7 Å². The largest absolute Gasteiger partial charge is 0.465 e. The second-order valence-corrected chi connectivity index (χ2v) is 17.3. The fourth-order valence-electron chi connectivity index (χ4n) is 4.05. The Morgan fingerprint density at radius 2 is 1.49 bits per heavy atom. The first-order chi connectivity index (χ1) is 21.8. The molecular weight excluding hydrogens is 678 g/mol. The maximum atomic E-state index is 12.3. The van der Waals surface area contributed by atoms with Gasteiger partial charge in [0.1, 0.15) is 17.5 Å². The van der Waals surface area contributed by atoms with E-state index in [4.69, 9.17) is 9.84 Å². The molecule has 0 unspecified atom stereocenters. The van der Waals surface area contributed by atoms with Gasteiger partial charge in [-0.05, 0) is 92.6 Å². The number of carbonyl (C=O) groups excluding carboxylic acids is 1. The van der Waals surface area contributed by atoms with Gasteiger partial charge in [0.25, 0.3) is 0 Å². The molecule has 2 aliphatic heterocycles. The second kappa shape index (κ2) is 22.9. The highest BCUT2D eigenvalue weighted by Gasteiger charge is 2.28. The molecule has 2 aromatic rings. The number of aromatic nitrogens is 1. The highest BCUT2D eigenvalue weighted by Crippen LogP contribution is 2.36. The number of ether oxygens (including phenoxy) is 1. The monoisotopic (exact) mass is 739 g/mol. The summed E-state index contributed by atoms with van der Waals surface area (Å²) in [6.45, 7) is 27.9. The standard InChI is InChI=1S/C18H21BrN4O2S.C6H11NO2.3C4H10/c1-18(2,3)25-17(24)23-6-4-5-12(10-23)22-16-13-7-14(19)26-15(13)11(8-20)9-21-16;8-6(9)7-4-2-1-3-5-7;3*1-4(2)3/h7,9,12H,4-6,10H2,1-3H3,(H,21,22);1-5H2,(H,8,9);3*4H,1-3H3/t12-;;;;/m0..../s1. The molecule has 0 spiro atoms. The van der Waals surface area contributed by atoms with E-state index < -0.39 is 11.7 Å². The molecule has 2 aromatic heterocycles. The van der Waals surface area contributed by atoms with Gasteiger partial charge in [-0.15, -0.1) is 11.3 Å². The number of nitrogens with one attached hydrogen (secondary N) is 1. The Hall–Kier alpha value is -2.58. The number of rotatable bonds is 2. The summed E-state index contributed by atoms with van der Waals surface area (Å²) < 4.78 is 7.35. The topological polar surface area (TPSA) is 119 Å². The third kappa shape index (κ3) is 21.1. The Morgan fingerprint density at radius 3 is 1.94 bits per heavy atom. The van der Waals surface area contributed by atoms with Gasteiger partial charge in [-0.1, -0.05) is 62.3 Å². The van der Waals surface area contributed by atoms with Gasteiger partial charge >= 0.3 is 12.2 Å². The Balaban J connectivity index is 0.000000819. The number of piperidine rings is 2. The predicted molar refractivity (Wildman–Crippen MR) is 201 cm³/mol. The van der Waals surface area contributed by atoms with Crippen LogP contribution in [0.2, 0.25) is 0 Å². The summed E-state index contributed by atoms with van der Waals surface area (Å²) in [6, 6.07) is 4.26. The van der Waals surface area contributed by atoms with Crippen LogP contribution in [0.3, 0.4) is 0 Å². The van der Waals surface area contributed by atoms with Gasteiger partial charge in [0, 0.05) is 43.8 Å². The zero-order valence-electron chi connectivity index (χ0n) is 31.1. The third-order valence-corrected chi connectivity index (χ3v) is 7.36. The van der Waals surface area contributed by atoms with E-state index in [0.717, 1.165) is 76.2 Å². The summed E-state index contributed by atoms with van der Waals surface area (Å²) in [4.78, 5) is 30.3. The lowest BCUT2D eigenvalue weighted by Crippen LogP contribution is -2.47. The van der Waals surface area contributed by atoms with Crippen molar-refractivity contribution in [1.82, 2.24) is 14.8 Å². The van der Waals surface area contributed by atoms with Gasteiger partial charge in [0.15, 0.2) is 0 Å². The number of likely N-dealkylation sites (tertiary alicyclic amines) is 2. The van der Waals surface area contributed by atoms with Crippen molar-refractivity contribution in [2.24, 2.45) is 17.8 Å². The van der Waals surface area contributed by atoms with Crippen molar-refractivity contribution in [1.29, 1.82) is 5.26 Å². The summed E-state index contributed by atoms with van der Waals surface area (Å²) in [5.74, 6) is 3.25. The number of pyridine rings is 1. The van der Waals surface area contributed by atoms with Crippen LogP contribution in [0.15, 0.2) is 16.0 Å². The smallest absolute Gasteiger partial charge is 0.410 e. The number of carboxylic acid groups (broad SMARTS) is 1. The minimum atomic E-state index is -0.769. The van der Waals surface area contributed by atoms with Crippen molar-refractivity contribution in [3.63, 3.8) is 0 Å². The molecule has 4 rings (SSSR count). The van der Waals surface area contributed by atoms with Crippen LogP contribution in [0.4, 0.5) is 15.4 Å². The second-order valence-electron chi connectivity index (χ2n) is 14.9. The molecule has 0 bridgehead atoms. The van der Waals surface area contributed by atoms with E-state index in [9.17, 15) is 14.9 Å². The number of fused-ring (bicyclic) bond motifs is 1. The van der Waals surface area contributed by atoms with Gasteiger partial charge in [-0.2, -0.15) is 5.26 Å². The molecule has 47 heavy (non-hydrogen) atoms. The number of anilines is 1. The van der Waals surface area contributed by atoms with Crippen LogP contribution in [-0.2, 0) is 4.74 Å². The van der Waals surface area contributed by atoms with Crippen LogP contribution in [-0.4, -0.2) is 69.9 Å². The number of nitrogens with zero attached hydrogens (tertiary/aromatic N) is 4. The lowest BCUT2D eigenvalue weighted by Gasteiger charge is -2.34. The number of carbonyl (C=O) groups is 2. The molecule has 268 valence electrons. The average molecular weight is 741 g/mol. The summed E-state index contributed by atoms with van der Waals surface area (Å²) in [7, 11) is 0. The Labute approximate surface area is 297 Å². The predicted octanol–water partition coefficient (Wildman–Crippen LogP) is 10.9. The number of halogens is 1. The Bertz CT molecular complexity index is 1210. The van der Waals surface area contributed by atoms with Crippen LogP contribution in [0, 0.1) is 29.1 Å². The molecule has 2 saturated heterocycles. The van der Waals surface area contributed by atoms with Crippen molar-refractivity contribution >= 4 is 55.4 Å². The van der Waals surface area contributed by atoms with Gasteiger partial charge in [-0.25, -0.2) is 14.6 Å². The average Bonchev–Trinajstić information content (AvgIpc) is 3.34. The fraction of sp³-hybridized carbons (Fsp3) is 0.722. The van der Waals surface area contributed by atoms with Gasteiger partial charge in [-0.3, -0.25) is 0 Å². The highest BCUT2D eigenvalue weighted by molar-refractivity contribution is 9.11. The van der Waals surface area contributed by atoms with E-state index in [1.54, 1.807) is 11.1 Å². The van der Waals surface area contributed by atoms with Crippen LogP contribution in [0.25, 0.3) is 10.1 Å². The lowest BCUT2D eigenvalue weighted by molar-refractivity contribution is 0.0206. The summed E-state index contributed by atoms with van der Waals surface area (Å²) in [5.41, 5.74) is 0.0709. The molecule has 2 fully saturated rings. The number of hydrogen-bond donors (Lipinski definition) is 2. The van der Waals surface area contributed by atoms with Crippen molar-refractivity contribution in [3.8, 4) is 6.07 Å². The maximum Gasteiger partial charge on any atom is 0.410 e. The van der Waals surface area contributed by atoms with Crippen molar-refractivity contribution in [2.45, 2.75) is 127 Å².